The van der Waals surface area contributed by atoms with E-state index in [1.165, 1.54) is 17.7 Å². The fourth-order valence-electron chi connectivity index (χ4n) is 1.60. The van der Waals surface area contributed by atoms with Gasteiger partial charge in [-0.05, 0) is 11.5 Å². The van der Waals surface area contributed by atoms with Gasteiger partial charge < -0.3 is 9.30 Å². The van der Waals surface area contributed by atoms with Crippen LogP contribution < -0.4 is 5.56 Å². The highest BCUT2D eigenvalue weighted by Crippen LogP contribution is 2.18. The second-order valence-electron chi connectivity index (χ2n) is 5.19. The second-order valence-corrected chi connectivity index (χ2v) is 5.19. The zero-order valence-electron chi connectivity index (χ0n) is 11.3. The predicted molar refractivity (Wildman–Crippen MR) is 70.3 cm³/mol. The molecule has 1 aromatic heterocycles. The average molecular weight is 249 g/mol. The number of hydrogen-bond donors (Lipinski definition) is 0. The Morgan fingerprint density at radius 1 is 1.39 bits per heavy atom. The smallest absolute Gasteiger partial charge is 0.335 e. The molecule has 0 aliphatic heterocycles. The maximum Gasteiger partial charge on any atom is 0.335 e. The topological polar surface area (TPSA) is 48.3 Å². The normalized spacial score (nSPS) is 12.3. The van der Waals surface area contributed by atoms with Crippen molar-refractivity contribution in [3.63, 3.8) is 0 Å². The fraction of sp³-hybridized carbons (Fsp3) is 0.429. The van der Waals surface area contributed by atoms with Crippen LogP contribution in [0, 0.1) is 5.41 Å². The summed E-state index contributed by atoms with van der Waals surface area (Å²) in [5, 5.41) is 0. The van der Waals surface area contributed by atoms with Crippen molar-refractivity contribution in [1.82, 2.24) is 4.57 Å². The Morgan fingerprint density at radius 3 is 2.56 bits per heavy atom. The molecule has 0 unspecified atom stereocenters. The van der Waals surface area contributed by atoms with Gasteiger partial charge in [0.15, 0.2) is 0 Å². The average Bonchev–Trinajstić information content (AvgIpc) is 2.28. The molecule has 4 heteroatoms. The molecule has 0 amide bonds. The Morgan fingerprint density at radius 2 is 2.06 bits per heavy atom. The van der Waals surface area contributed by atoms with Crippen LogP contribution in [0.3, 0.4) is 0 Å². The van der Waals surface area contributed by atoms with Gasteiger partial charge in [-0.3, -0.25) is 4.79 Å². The Hall–Kier alpha value is -1.84. The Balaban J connectivity index is 3.08. The molecule has 0 radical (unpaired) electrons. The molecule has 0 atom stereocenters. The third-order valence-electron chi connectivity index (χ3n) is 2.29. The highest BCUT2D eigenvalue weighted by Gasteiger charge is 2.16. The monoisotopic (exact) mass is 249 g/mol. The van der Waals surface area contributed by atoms with Crippen LogP contribution in [0.4, 0.5) is 0 Å². The van der Waals surface area contributed by atoms with E-state index in [-0.39, 0.29) is 17.5 Å². The number of allylic oxidation sites excluding steroid dienone is 1. The van der Waals surface area contributed by atoms with E-state index < -0.39 is 5.97 Å². The standard InChI is InChI=1S/C14H19NO3/c1-14(2,3)9-11(13(17)18-4)10-15-8-6-5-7-12(15)16/h5-9H,10H2,1-4H3/b11-9+. The van der Waals surface area contributed by atoms with Crippen LogP contribution in [0.25, 0.3) is 0 Å². The second kappa shape index (κ2) is 5.67. The van der Waals surface area contributed by atoms with E-state index in [1.807, 2.05) is 26.8 Å². The van der Waals surface area contributed by atoms with Gasteiger partial charge in [-0.25, -0.2) is 4.79 Å². The van der Waals surface area contributed by atoms with Crippen LogP contribution in [0.1, 0.15) is 20.8 Å². The van der Waals surface area contributed by atoms with Crippen molar-refractivity contribution in [3.05, 3.63) is 46.4 Å². The number of methoxy groups -OCH3 is 1. The van der Waals surface area contributed by atoms with Crippen molar-refractivity contribution in [1.29, 1.82) is 0 Å². The Labute approximate surface area is 107 Å². The maximum atomic E-state index is 11.7. The van der Waals surface area contributed by atoms with Gasteiger partial charge in [-0.1, -0.05) is 32.9 Å². The molecular formula is C14H19NO3. The summed E-state index contributed by atoms with van der Waals surface area (Å²) in [5.41, 5.74) is 0.196. The minimum absolute atomic E-state index is 0.138. The lowest BCUT2D eigenvalue weighted by atomic mass is 9.93. The van der Waals surface area contributed by atoms with Gasteiger partial charge >= 0.3 is 5.97 Å². The van der Waals surface area contributed by atoms with Crippen molar-refractivity contribution in [2.24, 2.45) is 5.41 Å². The lowest BCUT2D eigenvalue weighted by Gasteiger charge is -2.16. The SMILES string of the molecule is COC(=O)/C(=C/C(C)(C)C)Cn1ccccc1=O. The molecule has 0 saturated carbocycles. The number of carbonyl (C=O) groups is 1. The summed E-state index contributed by atoms with van der Waals surface area (Å²) in [4.78, 5) is 23.3. The highest BCUT2D eigenvalue weighted by atomic mass is 16.5. The van der Waals surface area contributed by atoms with Crippen LogP contribution in [0.2, 0.25) is 0 Å². The van der Waals surface area contributed by atoms with E-state index in [2.05, 4.69) is 0 Å². The minimum Gasteiger partial charge on any atom is -0.466 e. The van der Waals surface area contributed by atoms with Crippen LogP contribution in [0.15, 0.2) is 40.8 Å². The van der Waals surface area contributed by atoms with Crippen LogP contribution in [0.5, 0.6) is 0 Å². The van der Waals surface area contributed by atoms with Crippen molar-refractivity contribution in [3.8, 4) is 0 Å². The van der Waals surface area contributed by atoms with E-state index in [4.69, 9.17) is 4.74 Å². The Bertz CT molecular complexity index is 506. The van der Waals surface area contributed by atoms with Gasteiger partial charge in [0.05, 0.1) is 19.2 Å². The van der Waals surface area contributed by atoms with Crippen LogP contribution in [-0.4, -0.2) is 17.6 Å². The van der Waals surface area contributed by atoms with Gasteiger partial charge in [-0.15, -0.1) is 0 Å². The van der Waals surface area contributed by atoms with Crippen LogP contribution in [-0.2, 0) is 16.1 Å². The number of rotatable bonds is 3. The predicted octanol–water partition coefficient (Wildman–Crippen LogP) is 1.99. The molecule has 18 heavy (non-hydrogen) atoms. The molecule has 0 bridgehead atoms. The first kappa shape index (κ1) is 14.2. The summed E-state index contributed by atoms with van der Waals surface area (Å²) in [6.07, 6.45) is 3.49. The quantitative estimate of drug-likeness (QED) is 0.608. The van der Waals surface area contributed by atoms with E-state index in [0.717, 1.165) is 0 Å². The molecule has 0 N–H and O–H groups in total. The molecule has 0 aliphatic carbocycles. The fourth-order valence-corrected chi connectivity index (χ4v) is 1.60. The third kappa shape index (κ3) is 4.20. The van der Waals surface area contributed by atoms with Crippen molar-refractivity contribution < 1.29 is 9.53 Å². The minimum atomic E-state index is -0.402. The van der Waals surface area contributed by atoms with Crippen molar-refractivity contribution in [2.75, 3.05) is 7.11 Å². The number of carbonyl (C=O) groups excluding carboxylic acids is 1. The number of hydrogen-bond acceptors (Lipinski definition) is 3. The molecule has 1 heterocycles. The zero-order valence-corrected chi connectivity index (χ0v) is 11.3. The van der Waals surface area contributed by atoms with E-state index >= 15 is 0 Å². The molecule has 0 aliphatic rings. The number of aromatic nitrogens is 1. The first-order valence-corrected chi connectivity index (χ1v) is 5.79. The summed E-state index contributed by atoms with van der Waals surface area (Å²) < 4.78 is 6.23. The summed E-state index contributed by atoms with van der Waals surface area (Å²) in [6.45, 7) is 6.20. The maximum absolute atomic E-state index is 11.7. The zero-order chi connectivity index (χ0) is 13.8. The van der Waals surface area contributed by atoms with Gasteiger partial charge in [-0.2, -0.15) is 0 Å². The first-order chi connectivity index (χ1) is 8.33. The van der Waals surface area contributed by atoms with Crippen molar-refractivity contribution in [2.45, 2.75) is 27.3 Å². The molecule has 4 nitrogen and oxygen atoms in total. The number of pyridine rings is 1. The van der Waals surface area contributed by atoms with Gasteiger partial charge in [0.1, 0.15) is 0 Å². The molecule has 1 aromatic rings. The Kier molecular flexibility index (Phi) is 4.48. The summed E-state index contributed by atoms with van der Waals surface area (Å²) in [7, 11) is 1.34. The third-order valence-corrected chi connectivity index (χ3v) is 2.29. The molecule has 0 aromatic carbocycles. The number of esters is 1. The van der Waals surface area contributed by atoms with E-state index in [9.17, 15) is 9.59 Å². The lowest BCUT2D eigenvalue weighted by Crippen LogP contribution is -2.23. The summed E-state index contributed by atoms with van der Waals surface area (Å²) in [6, 6.07) is 4.89. The van der Waals surface area contributed by atoms with Crippen molar-refractivity contribution >= 4 is 5.97 Å². The van der Waals surface area contributed by atoms with Gasteiger partial charge in [0.25, 0.3) is 5.56 Å². The van der Waals surface area contributed by atoms with Gasteiger partial charge in [0, 0.05) is 12.3 Å². The van der Waals surface area contributed by atoms with Gasteiger partial charge in [0.2, 0.25) is 0 Å². The van der Waals surface area contributed by atoms with E-state index in [1.54, 1.807) is 18.3 Å². The van der Waals surface area contributed by atoms with Crippen LogP contribution >= 0.6 is 0 Å². The molecule has 0 saturated heterocycles. The first-order valence-electron chi connectivity index (χ1n) is 5.79. The number of ether oxygens (including phenoxy) is 1. The summed E-state index contributed by atoms with van der Waals surface area (Å²) >= 11 is 0. The molecule has 0 spiro atoms. The lowest BCUT2D eigenvalue weighted by molar-refractivity contribution is -0.136. The van der Waals surface area contributed by atoms with E-state index in [0.29, 0.717) is 5.57 Å². The molecule has 98 valence electrons. The molecule has 1 rings (SSSR count). The molecule has 0 fully saturated rings. The molecular weight excluding hydrogens is 230 g/mol. The largest absolute Gasteiger partial charge is 0.466 e. The highest BCUT2D eigenvalue weighted by molar-refractivity contribution is 5.88. The summed E-state index contributed by atoms with van der Waals surface area (Å²) in [5.74, 6) is -0.402. The number of nitrogens with zero attached hydrogens (tertiary/aromatic N) is 1.